The summed E-state index contributed by atoms with van der Waals surface area (Å²) in [4.78, 5) is 0. The largest absolute Gasteiger partial charge is 0.382 e. The maximum absolute atomic E-state index is 11.1. The van der Waals surface area contributed by atoms with Crippen molar-refractivity contribution in [2.45, 2.75) is 5.75 Å². The predicted molar refractivity (Wildman–Crippen MR) is 73.6 cm³/mol. The van der Waals surface area contributed by atoms with Crippen LogP contribution in [0.5, 0.6) is 0 Å². The van der Waals surface area contributed by atoms with Crippen LogP contribution in [0.25, 0.3) is 0 Å². The Balaban J connectivity index is 2.79. The zero-order valence-electron chi connectivity index (χ0n) is 10.2. The molecule has 0 saturated heterocycles. The van der Waals surface area contributed by atoms with Crippen LogP contribution in [-0.4, -0.2) is 26.2 Å². The number of hydrogen-bond donors (Lipinski definition) is 3. The van der Waals surface area contributed by atoms with Crippen LogP contribution in [-0.2, 0) is 15.6 Å². The van der Waals surface area contributed by atoms with Crippen LogP contribution < -0.4 is 11.2 Å². The fourth-order valence-electron chi connectivity index (χ4n) is 1.24. The van der Waals surface area contributed by atoms with Crippen LogP contribution in [0.3, 0.4) is 0 Å². The number of nitrogens with one attached hydrogen (secondary N) is 2. The van der Waals surface area contributed by atoms with E-state index in [1.807, 2.05) is 0 Å². The van der Waals surface area contributed by atoms with Crippen LogP contribution in [0.1, 0.15) is 5.56 Å². The lowest BCUT2D eigenvalue weighted by Crippen LogP contribution is -2.21. The summed E-state index contributed by atoms with van der Waals surface area (Å²) in [5, 5.41) is 19.4. The molecule has 0 radical (unpaired) electrons. The number of anilines is 1. The molecule has 1 rings (SSSR count). The molecule has 8 heteroatoms. The average molecular weight is 279 g/mol. The molecule has 0 bridgehead atoms. The summed E-state index contributed by atoms with van der Waals surface area (Å²) < 4.78 is 22.2. The van der Waals surface area contributed by atoms with Crippen molar-refractivity contribution in [3.63, 3.8) is 0 Å². The van der Waals surface area contributed by atoms with Crippen molar-refractivity contribution in [1.82, 2.24) is 0 Å². The van der Waals surface area contributed by atoms with Crippen molar-refractivity contribution in [2.24, 2.45) is 10.8 Å². The van der Waals surface area contributed by atoms with Gasteiger partial charge in [0.15, 0.2) is 15.7 Å². The lowest BCUT2D eigenvalue weighted by Gasteiger charge is -2.03. The molecule has 0 fully saturated rings. The van der Waals surface area contributed by atoms with Crippen molar-refractivity contribution >= 4 is 27.1 Å². The number of hydrogen-bond acceptors (Lipinski definition) is 6. The molecule has 0 unspecified atom stereocenters. The van der Waals surface area contributed by atoms with Gasteiger partial charge in [0.25, 0.3) is 0 Å². The van der Waals surface area contributed by atoms with Crippen molar-refractivity contribution < 1.29 is 8.42 Å². The van der Waals surface area contributed by atoms with Gasteiger partial charge in [-0.1, -0.05) is 12.1 Å². The summed E-state index contributed by atoms with van der Waals surface area (Å²) >= 11 is 0. The lowest BCUT2D eigenvalue weighted by molar-refractivity contribution is 0.601. The smallest absolute Gasteiger partial charge is 0.201 e. The van der Waals surface area contributed by atoms with Gasteiger partial charge in [-0.15, -0.1) is 0 Å². The Morgan fingerprint density at radius 3 is 2.47 bits per heavy atom. The van der Waals surface area contributed by atoms with Gasteiger partial charge in [-0.2, -0.15) is 10.4 Å². The Kier molecular flexibility index (Phi) is 4.61. The molecule has 0 heterocycles. The molecule has 0 spiro atoms. The minimum atomic E-state index is -3.07. The van der Waals surface area contributed by atoms with E-state index >= 15 is 0 Å². The SMILES string of the molecule is CS(=O)(=O)Cc1ccc(N/N=C(\C#N)C(=N)N)cc1. The molecule has 19 heavy (non-hydrogen) atoms. The molecule has 100 valence electrons. The normalized spacial score (nSPS) is 11.7. The van der Waals surface area contributed by atoms with E-state index in [0.717, 1.165) is 6.26 Å². The highest BCUT2D eigenvalue weighted by molar-refractivity contribution is 7.89. The van der Waals surface area contributed by atoms with E-state index in [1.165, 1.54) is 0 Å². The molecular weight excluding hydrogens is 266 g/mol. The zero-order valence-corrected chi connectivity index (χ0v) is 11.0. The third kappa shape index (κ3) is 5.18. The Hall–Kier alpha value is -2.40. The summed E-state index contributed by atoms with van der Waals surface area (Å²) in [6.45, 7) is 0. The highest BCUT2D eigenvalue weighted by atomic mass is 32.2. The maximum atomic E-state index is 11.1. The fraction of sp³-hybridized carbons (Fsp3) is 0.182. The van der Waals surface area contributed by atoms with Gasteiger partial charge in [-0.3, -0.25) is 10.8 Å². The number of benzene rings is 1. The van der Waals surface area contributed by atoms with Crippen molar-refractivity contribution in [1.29, 1.82) is 10.7 Å². The van der Waals surface area contributed by atoms with Gasteiger partial charge in [0, 0.05) is 6.26 Å². The van der Waals surface area contributed by atoms with E-state index in [0.29, 0.717) is 11.3 Å². The molecule has 0 amide bonds. The number of nitrogens with two attached hydrogens (primary N) is 1. The molecule has 0 saturated carbocycles. The van der Waals surface area contributed by atoms with Gasteiger partial charge in [-0.25, -0.2) is 8.42 Å². The summed E-state index contributed by atoms with van der Waals surface area (Å²) in [5.74, 6) is -0.461. The zero-order chi connectivity index (χ0) is 14.5. The van der Waals surface area contributed by atoms with E-state index < -0.39 is 15.7 Å². The molecular formula is C11H13N5O2S. The first-order valence-corrected chi connectivity index (χ1v) is 7.23. The molecule has 7 nitrogen and oxygen atoms in total. The van der Waals surface area contributed by atoms with E-state index in [-0.39, 0.29) is 11.5 Å². The van der Waals surface area contributed by atoms with Gasteiger partial charge < -0.3 is 5.73 Å². The van der Waals surface area contributed by atoms with E-state index in [4.69, 9.17) is 16.4 Å². The number of nitriles is 1. The molecule has 0 aliphatic heterocycles. The Labute approximate surface area is 111 Å². The summed E-state index contributed by atoms with van der Waals surface area (Å²) in [5.41, 5.74) is 8.69. The van der Waals surface area contributed by atoms with Gasteiger partial charge >= 0.3 is 0 Å². The first-order chi connectivity index (χ1) is 8.81. The average Bonchev–Trinajstić information content (AvgIpc) is 2.29. The molecule has 0 atom stereocenters. The van der Waals surface area contributed by atoms with Gasteiger partial charge in [0.2, 0.25) is 5.71 Å². The molecule has 1 aromatic rings. The van der Waals surface area contributed by atoms with Crippen molar-refractivity contribution in [2.75, 3.05) is 11.7 Å². The van der Waals surface area contributed by atoms with E-state index in [1.54, 1.807) is 30.3 Å². The number of sulfone groups is 1. The maximum Gasteiger partial charge on any atom is 0.201 e. The number of hydrazone groups is 1. The van der Waals surface area contributed by atoms with Crippen LogP contribution >= 0.6 is 0 Å². The minimum absolute atomic E-state index is 0.0343. The predicted octanol–water partition coefficient (Wildman–Crippen LogP) is 0.459. The van der Waals surface area contributed by atoms with E-state index in [9.17, 15) is 8.42 Å². The van der Waals surface area contributed by atoms with E-state index in [2.05, 4.69) is 10.5 Å². The van der Waals surface area contributed by atoms with Gasteiger partial charge in [0.05, 0.1) is 11.4 Å². The fourth-order valence-corrected chi connectivity index (χ4v) is 2.04. The molecule has 0 aliphatic carbocycles. The second-order valence-electron chi connectivity index (χ2n) is 3.86. The van der Waals surface area contributed by atoms with Crippen LogP contribution in [0.4, 0.5) is 5.69 Å². The summed E-state index contributed by atoms with van der Waals surface area (Å²) in [6.07, 6.45) is 1.16. The number of nitrogens with zero attached hydrogens (tertiary/aromatic N) is 2. The Bertz CT molecular complexity index is 641. The molecule has 4 N–H and O–H groups in total. The monoisotopic (exact) mass is 279 g/mol. The second-order valence-corrected chi connectivity index (χ2v) is 6.00. The molecule has 0 aromatic heterocycles. The van der Waals surface area contributed by atoms with Gasteiger partial charge in [-0.05, 0) is 17.7 Å². The van der Waals surface area contributed by atoms with Gasteiger partial charge in [0.1, 0.15) is 6.07 Å². The van der Waals surface area contributed by atoms with Crippen LogP contribution in [0, 0.1) is 16.7 Å². The molecule has 0 aliphatic rings. The van der Waals surface area contributed by atoms with Crippen LogP contribution in [0.15, 0.2) is 29.4 Å². The number of rotatable bonds is 5. The van der Waals surface area contributed by atoms with Crippen LogP contribution in [0.2, 0.25) is 0 Å². The highest BCUT2D eigenvalue weighted by Gasteiger charge is 2.04. The lowest BCUT2D eigenvalue weighted by atomic mass is 10.2. The standard InChI is InChI=1S/C11H13N5O2S/c1-19(17,18)7-8-2-4-9(5-3-8)15-16-10(6-12)11(13)14/h2-5,15H,7H2,1H3,(H3,13,14)/b16-10+. The first-order valence-electron chi connectivity index (χ1n) is 5.16. The van der Waals surface area contributed by atoms with Crippen molar-refractivity contribution in [3.8, 4) is 6.07 Å². The highest BCUT2D eigenvalue weighted by Crippen LogP contribution is 2.11. The third-order valence-corrected chi connectivity index (χ3v) is 2.90. The first kappa shape index (κ1) is 14.7. The summed E-state index contributed by atoms with van der Waals surface area (Å²) in [7, 11) is -3.07. The minimum Gasteiger partial charge on any atom is -0.382 e. The van der Waals surface area contributed by atoms with Crippen molar-refractivity contribution in [3.05, 3.63) is 29.8 Å². The summed E-state index contributed by atoms with van der Waals surface area (Å²) in [6, 6.07) is 8.20. The Morgan fingerprint density at radius 2 is 2.05 bits per heavy atom. The number of amidine groups is 1. The quantitative estimate of drug-likeness (QED) is 0.409. The molecule has 1 aromatic carbocycles. The topological polar surface area (TPSA) is 132 Å². The second kappa shape index (κ2) is 5.97. The third-order valence-electron chi connectivity index (χ3n) is 2.04. The Morgan fingerprint density at radius 1 is 1.47 bits per heavy atom.